The van der Waals surface area contributed by atoms with Crippen LogP contribution >= 0.6 is 0 Å². The third kappa shape index (κ3) is 4.34. The van der Waals surface area contributed by atoms with Crippen LogP contribution in [0.15, 0.2) is 0 Å². The molecule has 1 amide bonds. The van der Waals surface area contributed by atoms with Gasteiger partial charge in [0.2, 0.25) is 0 Å². The molecule has 0 aromatic carbocycles. The molecular weight excluding hydrogens is 278 g/mol. The zero-order chi connectivity index (χ0) is 16.2. The van der Waals surface area contributed by atoms with E-state index < -0.39 is 35.7 Å². The minimum absolute atomic E-state index is 0.191. The van der Waals surface area contributed by atoms with Crippen LogP contribution in [-0.2, 0) is 23.8 Å². The highest BCUT2D eigenvalue weighted by Crippen LogP contribution is 2.30. The fraction of sp³-hybridized carbons (Fsp3) is 0.786. The number of carbonyl (C=O) groups excluding carboxylic acids is 3. The highest BCUT2D eigenvalue weighted by atomic mass is 16.6. The molecular formula is C14H23NO6. The predicted molar refractivity (Wildman–Crippen MR) is 73.5 cm³/mol. The van der Waals surface area contributed by atoms with Gasteiger partial charge in [-0.25, -0.2) is 14.4 Å². The summed E-state index contributed by atoms with van der Waals surface area (Å²) in [6.07, 6.45) is -0.526. The third-order valence-electron chi connectivity index (χ3n) is 2.84. The molecule has 0 saturated carbocycles. The summed E-state index contributed by atoms with van der Waals surface area (Å²) in [6, 6.07) is -1.59. The molecule has 0 unspecified atom stereocenters. The summed E-state index contributed by atoms with van der Waals surface area (Å²) in [6.45, 7) is 8.91. The molecule has 1 aliphatic rings. The maximum atomic E-state index is 12.2. The Kier molecular flexibility index (Phi) is 5.57. The minimum Gasteiger partial charge on any atom is -0.464 e. The van der Waals surface area contributed by atoms with E-state index in [2.05, 4.69) is 0 Å². The number of carbonyl (C=O) groups is 3. The molecule has 120 valence electrons. The number of rotatable bonds is 4. The first-order valence-corrected chi connectivity index (χ1v) is 7.05. The van der Waals surface area contributed by atoms with Crippen molar-refractivity contribution in [3.05, 3.63) is 0 Å². The first kappa shape index (κ1) is 17.3. The Labute approximate surface area is 124 Å². The molecule has 0 N–H and O–H groups in total. The van der Waals surface area contributed by atoms with Gasteiger partial charge in [-0.2, -0.15) is 0 Å². The summed E-state index contributed by atoms with van der Waals surface area (Å²) in [5.41, 5.74) is -0.717. The normalized spacial score (nSPS) is 21.3. The Balaban J connectivity index is 2.83. The van der Waals surface area contributed by atoms with Crippen LogP contribution in [0, 0.1) is 0 Å². The Morgan fingerprint density at radius 3 is 1.76 bits per heavy atom. The van der Waals surface area contributed by atoms with E-state index in [1.165, 1.54) is 0 Å². The standard InChI is InChI=1S/C14H23NO6/c1-6-19-11(16)9-8-10(12(17)20-7-2)15(9)13(18)21-14(3,4)5/h9-10H,6-8H2,1-5H3/t9-,10-/m0/s1. The molecule has 1 heterocycles. The van der Waals surface area contributed by atoms with E-state index in [1.807, 2.05) is 0 Å². The molecule has 0 aromatic heterocycles. The van der Waals surface area contributed by atoms with E-state index in [0.29, 0.717) is 0 Å². The van der Waals surface area contributed by atoms with Gasteiger partial charge in [-0.1, -0.05) is 0 Å². The van der Waals surface area contributed by atoms with Gasteiger partial charge < -0.3 is 14.2 Å². The van der Waals surface area contributed by atoms with Gasteiger partial charge in [0.05, 0.1) is 13.2 Å². The largest absolute Gasteiger partial charge is 0.464 e. The molecule has 7 nitrogen and oxygen atoms in total. The maximum Gasteiger partial charge on any atom is 0.411 e. The average molecular weight is 301 g/mol. The van der Waals surface area contributed by atoms with Crippen LogP contribution in [0.5, 0.6) is 0 Å². The van der Waals surface area contributed by atoms with Crippen LogP contribution < -0.4 is 0 Å². The summed E-state index contributed by atoms with van der Waals surface area (Å²) in [7, 11) is 0. The lowest BCUT2D eigenvalue weighted by atomic mass is 9.93. The molecule has 0 radical (unpaired) electrons. The van der Waals surface area contributed by atoms with Gasteiger partial charge in [-0.15, -0.1) is 0 Å². The van der Waals surface area contributed by atoms with Crippen molar-refractivity contribution in [2.24, 2.45) is 0 Å². The van der Waals surface area contributed by atoms with Gasteiger partial charge in [0.15, 0.2) is 0 Å². The summed E-state index contributed by atoms with van der Waals surface area (Å²) < 4.78 is 15.0. The maximum absolute atomic E-state index is 12.2. The van der Waals surface area contributed by atoms with Crippen LogP contribution in [0.2, 0.25) is 0 Å². The Hall–Kier alpha value is -1.79. The molecule has 1 fully saturated rings. The summed E-state index contributed by atoms with van der Waals surface area (Å²) in [4.78, 5) is 36.9. The van der Waals surface area contributed by atoms with Crippen molar-refractivity contribution >= 4 is 18.0 Å². The summed E-state index contributed by atoms with van der Waals surface area (Å²) >= 11 is 0. The zero-order valence-corrected chi connectivity index (χ0v) is 13.2. The number of amides is 1. The second kappa shape index (κ2) is 6.78. The van der Waals surface area contributed by atoms with Gasteiger partial charge in [0.25, 0.3) is 0 Å². The van der Waals surface area contributed by atoms with Crippen molar-refractivity contribution in [1.82, 2.24) is 4.90 Å². The lowest BCUT2D eigenvalue weighted by Crippen LogP contribution is -2.65. The van der Waals surface area contributed by atoms with Gasteiger partial charge >= 0.3 is 18.0 Å². The van der Waals surface area contributed by atoms with Crippen LogP contribution in [0.1, 0.15) is 41.0 Å². The van der Waals surface area contributed by atoms with E-state index in [-0.39, 0.29) is 19.6 Å². The molecule has 0 spiro atoms. The van der Waals surface area contributed by atoms with E-state index in [4.69, 9.17) is 14.2 Å². The second-order valence-corrected chi connectivity index (χ2v) is 5.66. The summed E-state index contributed by atoms with van der Waals surface area (Å²) in [5.74, 6) is -1.08. The fourth-order valence-electron chi connectivity index (χ4n) is 1.98. The number of ether oxygens (including phenoxy) is 3. The lowest BCUT2D eigenvalue weighted by Gasteiger charge is -2.44. The van der Waals surface area contributed by atoms with Gasteiger partial charge in [-0.3, -0.25) is 4.90 Å². The highest BCUT2D eigenvalue weighted by Gasteiger charge is 2.52. The van der Waals surface area contributed by atoms with Crippen LogP contribution in [0.3, 0.4) is 0 Å². The quantitative estimate of drug-likeness (QED) is 0.578. The monoisotopic (exact) mass is 301 g/mol. The lowest BCUT2D eigenvalue weighted by molar-refractivity contribution is -0.168. The zero-order valence-electron chi connectivity index (χ0n) is 13.2. The molecule has 1 rings (SSSR count). The SMILES string of the molecule is CCOC(=O)[C@@H]1C[C@@H](C(=O)OCC)N1C(=O)OC(C)(C)C. The molecule has 2 atom stereocenters. The molecule has 0 aromatic rings. The minimum atomic E-state index is -0.797. The third-order valence-corrected chi connectivity index (χ3v) is 2.84. The molecule has 0 aliphatic carbocycles. The van der Waals surface area contributed by atoms with Crippen molar-refractivity contribution < 1.29 is 28.6 Å². The Morgan fingerprint density at radius 2 is 1.43 bits per heavy atom. The van der Waals surface area contributed by atoms with E-state index >= 15 is 0 Å². The molecule has 21 heavy (non-hydrogen) atoms. The van der Waals surface area contributed by atoms with Crippen LogP contribution in [0.25, 0.3) is 0 Å². The molecule has 1 aliphatic heterocycles. The van der Waals surface area contributed by atoms with Crippen LogP contribution in [0.4, 0.5) is 4.79 Å². The van der Waals surface area contributed by atoms with Crippen molar-refractivity contribution in [2.75, 3.05) is 13.2 Å². The number of nitrogens with zero attached hydrogens (tertiary/aromatic N) is 1. The predicted octanol–water partition coefficient (Wildman–Crippen LogP) is 1.49. The Morgan fingerprint density at radius 1 is 1.00 bits per heavy atom. The number of esters is 2. The first-order valence-electron chi connectivity index (χ1n) is 7.05. The molecule has 1 saturated heterocycles. The van der Waals surface area contributed by atoms with E-state index in [0.717, 1.165) is 4.90 Å². The fourth-order valence-corrected chi connectivity index (χ4v) is 1.98. The summed E-state index contributed by atoms with van der Waals surface area (Å²) in [5, 5.41) is 0. The number of likely N-dealkylation sites (tertiary alicyclic amines) is 1. The molecule has 0 bridgehead atoms. The van der Waals surface area contributed by atoms with Gasteiger partial charge in [0.1, 0.15) is 17.7 Å². The highest BCUT2D eigenvalue weighted by molar-refractivity contribution is 5.91. The first-order chi connectivity index (χ1) is 9.71. The van der Waals surface area contributed by atoms with Gasteiger partial charge in [0, 0.05) is 6.42 Å². The van der Waals surface area contributed by atoms with Gasteiger partial charge in [-0.05, 0) is 34.6 Å². The molecule has 7 heteroatoms. The van der Waals surface area contributed by atoms with Crippen molar-refractivity contribution in [3.63, 3.8) is 0 Å². The smallest absolute Gasteiger partial charge is 0.411 e. The second-order valence-electron chi connectivity index (χ2n) is 5.66. The number of hydrogen-bond donors (Lipinski definition) is 0. The number of hydrogen-bond acceptors (Lipinski definition) is 6. The topological polar surface area (TPSA) is 82.1 Å². The van der Waals surface area contributed by atoms with E-state index in [1.54, 1.807) is 34.6 Å². The Bertz CT molecular complexity index is 390. The van der Waals surface area contributed by atoms with Crippen molar-refractivity contribution in [1.29, 1.82) is 0 Å². The van der Waals surface area contributed by atoms with Crippen LogP contribution in [-0.4, -0.2) is 53.8 Å². The average Bonchev–Trinajstić information content (AvgIpc) is 2.25. The van der Waals surface area contributed by atoms with Crippen molar-refractivity contribution in [2.45, 2.75) is 58.7 Å². The van der Waals surface area contributed by atoms with Crippen molar-refractivity contribution in [3.8, 4) is 0 Å². The van der Waals surface area contributed by atoms with E-state index in [9.17, 15) is 14.4 Å².